The minimum atomic E-state index is -0.997. The zero-order valence-electron chi connectivity index (χ0n) is 14.7. The van der Waals surface area contributed by atoms with E-state index in [1.165, 1.54) is 6.92 Å². The van der Waals surface area contributed by atoms with Crippen molar-refractivity contribution in [2.45, 2.75) is 50.7 Å². The highest BCUT2D eigenvalue weighted by Gasteiger charge is 2.35. The molecular formula is C20H21N3O3. The van der Waals surface area contributed by atoms with Gasteiger partial charge in [-0.15, -0.1) is 0 Å². The van der Waals surface area contributed by atoms with Crippen LogP contribution in [0.3, 0.4) is 0 Å². The summed E-state index contributed by atoms with van der Waals surface area (Å²) in [6.07, 6.45) is 3.14. The normalized spacial score (nSPS) is 17.1. The van der Waals surface area contributed by atoms with Gasteiger partial charge in [-0.2, -0.15) is 5.26 Å². The van der Waals surface area contributed by atoms with E-state index < -0.39 is 23.5 Å². The Morgan fingerprint density at radius 3 is 2.65 bits per heavy atom. The number of para-hydroxylation sites is 1. The van der Waals surface area contributed by atoms with Gasteiger partial charge in [0.25, 0.3) is 5.91 Å². The van der Waals surface area contributed by atoms with Crippen LogP contribution in [0.15, 0.2) is 36.4 Å². The highest BCUT2D eigenvalue weighted by Crippen LogP contribution is 2.27. The summed E-state index contributed by atoms with van der Waals surface area (Å²) in [5.74, 6) is -1.12. The molecule has 1 aliphatic carbocycles. The molecule has 1 aromatic carbocycles. The van der Waals surface area contributed by atoms with E-state index in [-0.39, 0.29) is 5.69 Å². The molecule has 0 spiro atoms. The second kappa shape index (κ2) is 7.52. The van der Waals surface area contributed by atoms with Gasteiger partial charge in [-0.05, 0) is 31.9 Å². The molecule has 1 aliphatic rings. The number of benzene rings is 1. The second-order valence-corrected chi connectivity index (χ2v) is 6.68. The third-order valence-corrected chi connectivity index (χ3v) is 4.74. The predicted molar refractivity (Wildman–Crippen MR) is 96.2 cm³/mol. The maximum atomic E-state index is 12.4. The first-order valence-electron chi connectivity index (χ1n) is 8.83. The van der Waals surface area contributed by atoms with Gasteiger partial charge in [-0.25, -0.2) is 9.78 Å². The maximum absolute atomic E-state index is 12.4. The Bertz CT molecular complexity index is 866. The summed E-state index contributed by atoms with van der Waals surface area (Å²) in [5, 5.41) is 13.1. The molecule has 1 amide bonds. The first-order valence-corrected chi connectivity index (χ1v) is 8.83. The monoisotopic (exact) mass is 351 g/mol. The minimum Gasteiger partial charge on any atom is -0.448 e. The summed E-state index contributed by atoms with van der Waals surface area (Å²) >= 11 is 0. The summed E-state index contributed by atoms with van der Waals surface area (Å²) in [6, 6.07) is 13.0. The van der Waals surface area contributed by atoms with Crippen LogP contribution in [0.1, 0.15) is 49.5 Å². The molecule has 26 heavy (non-hydrogen) atoms. The number of rotatable bonds is 4. The fourth-order valence-electron chi connectivity index (χ4n) is 3.21. The molecule has 1 aromatic heterocycles. The Morgan fingerprint density at radius 1 is 1.19 bits per heavy atom. The van der Waals surface area contributed by atoms with E-state index in [1.54, 1.807) is 12.1 Å². The Kier molecular flexibility index (Phi) is 5.17. The van der Waals surface area contributed by atoms with Crippen molar-refractivity contribution in [1.82, 2.24) is 10.3 Å². The van der Waals surface area contributed by atoms with Gasteiger partial charge < -0.3 is 10.1 Å². The van der Waals surface area contributed by atoms with Crippen LogP contribution in [0.4, 0.5) is 0 Å². The van der Waals surface area contributed by atoms with Gasteiger partial charge >= 0.3 is 5.97 Å². The van der Waals surface area contributed by atoms with Crippen LogP contribution in [-0.4, -0.2) is 28.5 Å². The molecule has 0 bridgehead atoms. The molecule has 0 aliphatic heterocycles. The average molecular weight is 351 g/mol. The zero-order chi connectivity index (χ0) is 18.6. The van der Waals surface area contributed by atoms with Crippen molar-refractivity contribution in [3.63, 3.8) is 0 Å². The third-order valence-electron chi connectivity index (χ3n) is 4.74. The summed E-state index contributed by atoms with van der Waals surface area (Å²) in [7, 11) is 0. The standard InChI is InChI=1S/C20H21N3O3/c1-14(18(24)23-20(13-21)11-5-2-6-12-20)26-19(25)17-10-9-15-7-3-4-8-16(15)22-17/h3-4,7-10,14H,2,5-6,11-12H2,1H3,(H,23,24)/t14-/m0/s1. The molecule has 134 valence electrons. The quantitative estimate of drug-likeness (QED) is 0.855. The van der Waals surface area contributed by atoms with Crippen LogP contribution >= 0.6 is 0 Å². The number of ether oxygens (including phenoxy) is 1. The number of nitrogens with zero attached hydrogens (tertiary/aromatic N) is 2. The van der Waals surface area contributed by atoms with Gasteiger partial charge in [0, 0.05) is 5.39 Å². The Morgan fingerprint density at radius 2 is 1.92 bits per heavy atom. The van der Waals surface area contributed by atoms with Gasteiger partial charge in [0.1, 0.15) is 11.2 Å². The van der Waals surface area contributed by atoms with Crippen LogP contribution < -0.4 is 5.32 Å². The van der Waals surface area contributed by atoms with Crippen LogP contribution in [-0.2, 0) is 9.53 Å². The van der Waals surface area contributed by atoms with Crippen molar-refractivity contribution in [1.29, 1.82) is 5.26 Å². The van der Waals surface area contributed by atoms with Gasteiger partial charge in [0.2, 0.25) is 0 Å². The fraction of sp³-hybridized carbons (Fsp3) is 0.400. The molecule has 0 saturated heterocycles. The van der Waals surface area contributed by atoms with Crippen molar-refractivity contribution in [2.24, 2.45) is 0 Å². The molecule has 1 fully saturated rings. The molecule has 1 saturated carbocycles. The minimum absolute atomic E-state index is 0.149. The first kappa shape index (κ1) is 17.9. The van der Waals surface area contributed by atoms with Crippen molar-refractivity contribution in [2.75, 3.05) is 0 Å². The van der Waals surface area contributed by atoms with E-state index in [2.05, 4.69) is 16.4 Å². The summed E-state index contributed by atoms with van der Waals surface area (Å²) < 4.78 is 5.26. The summed E-state index contributed by atoms with van der Waals surface area (Å²) in [4.78, 5) is 29.0. The molecule has 2 aromatic rings. The number of hydrogen-bond acceptors (Lipinski definition) is 5. The Labute approximate surface area is 152 Å². The molecule has 1 heterocycles. The van der Waals surface area contributed by atoms with Crippen LogP contribution in [0.2, 0.25) is 0 Å². The highest BCUT2D eigenvalue weighted by atomic mass is 16.5. The van der Waals surface area contributed by atoms with Crippen molar-refractivity contribution >= 4 is 22.8 Å². The number of carbonyl (C=O) groups is 2. The second-order valence-electron chi connectivity index (χ2n) is 6.68. The first-order chi connectivity index (χ1) is 12.5. The molecule has 3 rings (SSSR count). The molecular weight excluding hydrogens is 330 g/mol. The summed E-state index contributed by atoms with van der Waals surface area (Å²) in [6.45, 7) is 1.50. The maximum Gasteiger partial charge on any atom is 0.357 e. The zero-order valence-corrected chi connectivity index (χ0v) is 14.7. The van der Waals surface area contributed by atoms with E-state index in [1.807, 2.05) is 24.3 Å². The lowest BCUT2D eigenvalue weighted by Crippen LogP contribution is -2.52. The lowest BCUT2D eigenvalue weighted by Gasteiger charge is -2.32. The molecule has 6 heteroatoms. The lowest BCUT2D eigenvalue weighted by molar-refractivity contribution is -0.130. The van der Waals surface area contributed by atoms with Crippen molar-refractivity contribution < 1.29 is 14.3 Å². The van der Waals surface area contributed by atoms with E-state index in [0.717, 1.165) is 24.6 Å². The van der Waals surface area contributed by atoms with E-state index in [9.17, 15) is 14.9 Å². The van der Waals surface area contributed by atoms with Gasteiger partial charge in [-0.3, -0.25) is 4.79 Å². The van der Waals surface area contributed by atoms with Crippen molar-refractivity contribution in [3.05, 3.63) is 42.1 Å². The number of amides is 1. The number of hydrogen-bond donors (Lipinski definition) is 1. The lowest BCUT2D eigenvalue weighted by atomic mass is 9.83. The van der Waals surface area contributed by atoms with Crippen molar-refractivity contribution in [3.8, 4) is 6.07 Å². The number of aromatic nitrogens is 1. The number of carbonyl (C=O) groups excluding carboxylic acids is 2. The molecule has 1 N–H and O–H groups in total. The van der Waals surface area contributed by atoms with E-state index >= 15 is 0 Å². The van der Waals surface area contributed by atoms with Crippen LogP contribution in [0.5, 0.6) is 0 Å². The molecule has 6 nitrogen and oxygen atoms in total. The average Bonchev–Trinajstić information content (AvgIpc) is 2.68. The van der Waals surface area contributed by atoms with Gasteiger partial charge in [-0.1, -0.05) is 43.5 Å². The number of nitriles is 1. The SMILES string of the molecule is C[C@H](OC(=O)c1ccc2ccccc2n1)C(=O)NC1(C#N)CCCCC1. The van der Waals surface area contributed by atoms with Crippen LogP contribution in [0, 0.1) is 11.3 Å². The molecule has 0 radical (unpaired) electrons. The smallest absolute Gasteiger partial charge is 0.357 e. The number of esters is 1. The Hall–Kier alpha value is -2.94. The number of pyridine rings is 1. The Balaban J connectivity index is 1.66. The van der Waals surface area contributed by atoms with Gasteiger partial charge in [0.05, 0.1) is 11.6 Å². The van der Waals surface area contributed by atoms with E-state index in [4.69, 9.17) is 4.74 Å². The predicted octanol–water partition coefficient (Wildman–Crippen LogP) is 3.12. The largest absolute Gasteiger partial charge is 0.448 e. The van der Waals surface area contributed by atoms with Gasteiger partial charge in [0.15, 0.2) is 6.10 Å². The van der Waals surface area contributed by atoms with E-state index in [0.29, 0.717) is 18.4 Å². The topological polar surface area (TPSA) is 92.1 Å². The molecule has 1 atom stereocenters. The summed E-state index contributed by atoms with van der Waals surface area (Å²) in [5.41, 5.74) is -0.0160. The van der Waals surface area contributed by atoms with Crippen LogP contribution in [0.25, 0.3) is 10.9 Å². The molecule has 0 unspecified atom stereocenters. The highest BCUT2D eigenvalue weighted by molar-refractivity contribution is 5.93. The fourth-order valence-corrected chi connectivity index (χ4v) is 3.21. The third kappa shape index (κ3) is 3.83. The number of nitrogens with one attached hydrogen (secondary N) is 1. The number of fused-ring (bicyclic) bond motifs is 1.